The van der Waals surface area contributed by atoms with Crippen LogP contribution in [0, 0.1) is 24.1 Å². The maximum atomic E-state index is 13.2. The van der Waals surface area contributed by atoms with E-state index in [2.05, 4.69) is 10.4 Å². The molecule has 0 spiro atoms. The predicted octanol–water partition coefficient (Wildman–Crippen LogP) is 4.16. The molecule has 0 saturated carbocycles. The first-order valence-corrected chi connectivity index (χ1v) is 8.14. The number of nitriles is 1. The van der Waals surface area contributed by atoms with Crippen molar-refractivity contribution in [2.24, 2.45) is 0 Å². The standard InChI is InChI=1S/C19H14ClFN4O/c1-12-7-18(23-19(26)14-4-2-3-13(8-14)10-22)24-25(12)11-15-5-6-16(21)9-17(15)20/h2-9H,11H2,1H3,(H,23,24,26). The van der Waals surface area contributed by atoms with Crippen LogP contribution in [0.4, 0.5) is 10.2 Å². The predicted molar refractivity (Wildman–Crippen MR) is 96.6 cm³/mol. The minimum Gasteiger partial charge on any atom is -0.305 e. The summed E-state index contributed by atoms with van der Waals surface area (Å²) in [7, 11) is 0. The highest BCUT2D eigenvalue weighted by Crippen LogP contribution is 2.20. The lowest BCUT2D eigenvalue weighted by molar-refractivity contribution is 0.102. The SMILES string of the molecule is Cc1cc(NC(=O)c2cccc(C#N)c2)nn1Cc1ccc(F)cc1Cl. The van der Waals surface area contributed by atoms with E-state index in [0.29, 0.717) is 28.5 Å². The summed E-state index contributed by atoms with van der Waals surface area (Å²) in [5.41, 5.74) is 2.31. The van der Waals surface area contributed by atoms with Gasteiger partial charge in [-0.3, -0.25) is 9.48 Å². The van der Waals surface area contributed by atoms with Crippen LogP contribution in [0.3, 0.4) is 0 Å². The minimum atomic E-state index is -0.400. The second-order valence-electron chi connectivity index (χ2n) is 5.71. The molecule has 0 unspecified atom stereocenters. The Kier molecular flexibility index (Phi) is 5.01. The van der Waals surface area contributed by atoms with Crippen LogP contribution in [0.15, 0.2) is 48.5 Å². The number of benzene rings is 2. The Balaban J connectivity index is 1.77. The van der Waals surface area contributed by atoms with Crippen molar-refractivity contribution in [2.75, 3.05) is 5.32 Å². The van der Waals surface area contributed by atoms with Gasteiger partial charge in [-0.1, -0.05) is 23.7 Å². The summed E-state index contributed by atoms with van der Waals surface area (Å²) in [6.45, 7) is 2.20. The van der Waals surface area contributed by atoms with Crippen LogP contribution in [-0.2, 0) is 6.54 Å². The van der Waals surface area contributed by atoms with E-state index in [0.717, 1.165) is 11.3 Å². The van der Waals surface area contributed by atoms with Gasteiger partial charge in [0.1, 0.15) is 5.82 Å². The van der Waals surface area contributed by atoms with Crippen molar-refractivity contribution >= 4 is 23.3 Å². The number of hydrogen-bond acceptors (Lipinski definition) is 3. The first-order valence-electron chi connectivity index (χ1n) is 7.76. The molecule has 2 aromatic carbocycles. The van der Waals surface area contributed by atoms with Gasteiger partial charge in [0, 0.05) is 22.3 Å². The van der Waals surface area contributed by atoms with Crippen LogP contribution in [0.2, 0.25) is 5.02 Å². The van der Waals surface area contributed by atoms with Crippen molar-refractivity contribution in [3.05, 3.63) is 81.8 Å². The zero-order chi connectivity index (χ0) is 18.7. The van der Waals surface area contributed by atoms with E-state index in [4.69, 9.17) is 16.9 Å². The first kappa shape index (κ1) is 17.6. The molecule has 3 rings (SSSR count). The van der Waals surface area contributed by atoms with Crippen molar-refractivity contribution in [1.29, 1.82) is 5.26 Å². The fraction of sp³-hybridized carbons (Fsp3) is 0.105. The topological polar surface area (TPSA) is 70.7 Å². The first-order chi connectivity index (χ1) is 12.5. The van der Waals surface area contributed by atoms with Crippen LogP contribution in [0.5, 0.6) is 0 Å². The molecule has 1 heterocycles. The number of hydrogen-bond donors (Lipinski definition) is 1. The number of nitrogens with zero attached hydrogens (tertiary/aromatic N) is 3. The fourth-order valence-electron chi connectivity index (χ4n) is 2.46. The number of carbonyl (C=O) groups is 1. The van der Waals surface area contributed by atoms with Crippen molar-refractivity contribution in [3.8, 4) is 6.07 Å². The highest BCUT2D eigenvalue weighted by Gasteiger charge is 2.12. The Bertz CT molecular complexity index is 1020. The second-order valence-corrected chi connectivity index (χ2v) is 6.12. The molecule has 1 N–H and O–H groups in total. The van der Waals surface area contributed by atoms with Gasteiger partial charge < -0.3 is 5.32 Å². The van der Waals surface area contributed by atoms with E-state index in [1.54, 1.807) is 35.0 Å². The van der Waals surface area contributed by atoms with E-state index in [1.807, 2.05) is 13.0 Å². The van der Waals surface area contributed by atoms with E-state index in [-0.39, 0.29) is 5.91 Å². The summed E-state index contributed by atoms with van der Waals surface area (Å²) in [6, 6.07) is 14.3. The Morgan fingerprint density at radius 3 is 2.85 bits per heavy atom. The van der Waals surface area contributed by atoms with Gasteiger partial charge in [-0.25, -0.2) is 4.39 Å². The van der Waals surface area contributed by atoms with Gasteiger partial charge in [0.2, 0.25) is 0 Å². The summed E-state index contributed by atoms with van der Waals surface area (Å²) in [5.74, 6) is -0.372. The average molecular weight is 369 g/mol. The van der Waals surface area contributed by atoms with Crippen LogP contribution >= 0.6 is 11.6 Å². The number of amides is 1. The van der Waals surface area contributed by atoms with Gasteiger partial charge in [-0.2, -0.15) is 10.4 Å². The third kappa shape index (κ3) is 3.90. The number of rotatable bonds is 4. The number of halogens is 2. The van der Waals surface area contributed by atoms with E-state index < -0.39 is 5.82 Å². The molecular formula is C19H14ClFN4O. The third-order valence-corrected chi connectivity index (χ3v) is 4.16. The summed E-state index contributed by atoms with van der Waals surface area (Å²) in [4.78, 5) is 12.3. The quantitative estimate of drug-likeness (QED) is 0.751. The Labute approximate surface area is 154 Å². The molecule has 0 aliphatic carbocycles. The van der Waals surface area contributed by atoms with Crippen molar-refractivity contribution in [3.63, 3.8) is 0 Å². The average Bonchev–Trinajstić information content (AvgIpc) is 2.96. The number of anilines is 1. The van der Waals surface area contributed by atoms with Crippen molar-refractivity contribution in [2.45, 2.75) is 13.5 Å². The number of nitrogens with one attached hydrogen (secondary N) is 1. The van der Waals surface area contributed by atoms with Gasteiger partial charge in [0.05, 0.1) is 18.2 Å². The summed E-state index contributed by atoms with van der Waals surface area (Å²) in [6.07, 6.45) is 0. The summed E-state index contributed by atoms with van der Waals surface area (Å²) < 4.78 is 14.8. The van der Waals surface area contributed by atoms with Crippen molar-refractivity contribution < 1.29 is 9.18 Å². The van der Waals surface area contributed by atoms with Crippen LogP contribution in [-0.4, -0.2) is 15.7 Å². The van der Waals surface area contributed by atoms with Gasteiger partial charge in [0.15, 0.2) is 5.82 Å². The normalized spacial score (nSPS) is 10.4. The van der Waals surface area contributed by atoms with Crippen LogP contribution in [0.25, 0.3) is 0 Å². The molecule has 0 aliphatic heterocycles. The lowest BCUT2D eigenvalue weighted by atomic mass is 10.1. The highest BCUT2D eigenvalue weighted by molar-refractivity contribution is 6.31. The lowest BCUT2D eigenvalue weighted by Crippen LogP contribution is -2.13. The summed E-state index contributed by atoms with van der Waals surface area (Å²) >= 11 is 6.05. The summed E-state index contributed by atoms with van der Waals surface area (Å²) in [5, 5.41) is 16.3. The monoisotopic (exact) mass is 368 g/mol. The number of aryl methyl sites for hydroxylation is 1. The maximum absolute atomic E-state index is 13.2. The molecule has 130 valence electrons. The molecule has 0 atom stereocenters. The van der Waals surface area contributed by atoms with Gasteiger partial charge in [-0.05, 0) is 42.8 Å². The number of aromatic nitrogens is 2. The fourth-order valence-corrected chi connectivity index (χ4v) is 2.69. The van der Waals surface area contributed by atoms with E-state index in [9.17, 15) is 9.18 Å². The van der Waals surface area contributed by atoms with Crippen molar-refractivity contribution in [1.82, 2.24) is 9.78 Å². The van der Waals surface area contributed by atoms with Gasteiger partial charge >= 0.3 is 0 Å². The third-order valence-electron chi connectivity index (χ3n) is 3.81. The smallest absolute Gasteiger partial charge is 0.256 e. The molecule has 0 fully saturated rings. The molecule has 1 amide bonds. The molecule has 3 aromatic rings. The van der Waals surface area contributed by atoms with Crippen LogP contribution in [0.1, 0.15) is 27.2 Å². The van der Waals surface area contributed by atoms with Crippen LogP contribution < -0.4 is 5.32 Å². The molecule has 7 heteroatoms. The molecule has 0 radical (unpaired) electrons. The van der Waals surface area contributed by atoms with E-state index in [1.165, 1.54) is 18.2 Å². The molecular weight excluding hydrogens is 355 g/mol. The molecule has 1 aromatic heterocycles. The zero-order valence-corrected chi connectivity index (χ0v) is 14.6. The second kappa shape index (κ2) is 7.38. The maximum Gasteiger partial charge on any atom is 0.256 e. The minimum absolute atomic E-state index is 0.318. The van der Waals surface area contributed by atoms with E-state index >= 15 is 0 Å². The lowest BCUT2D eigenvalue weighted by Gasteiger charge is -2.07. The molecule has 0 aliphatic rings. The molecule has 0 bridgehead atoms. The van der Waals surface area contributed by atoms with Gasteiger partial charge in [0.25, 0.3) is 5.91 Å². The molecule has 5 nitrogen and oxygen atoms in total. The van der Waals surface area contributed by atoms with Gasteiger partial charge in [-0.15, -0.1) is 0 Å². The zero-order valence-electron chi connectivity index (χ0n) is 13.8. The molecule has 26 heavy (non-hydrogen) atoms. The Morgan fingerprint density at radius 2 is 2.12 bits per heavy atom. The molecule has 0 saturated heterocycles. The Morgan fingerprint density at radius 1 is 1.31 bits per heavy atom. The highest BCUT2D eigenvalue weighted by atomic mass is 35.5. The Hall–Kier alpha value is -3.17. The number of carbonyl (C=O) groups excluding carboxylic acids is 1. The largest absolute Gasteiger partial charge is 0.305 e.